The van der Waals surface area contributed by atoms with Crippen molar-refractivity contribution in [2.45, 2.75) is 95.7 Å². The molecule has 6 heteroatoms. The second-order valence-electron chi connectivity index (χ2n) is 10.7. The fourth-order valence-electron chi connectivity index (χ4n) is 5.52. The summed E-state index contributed by atoms with van der Waals surface area (Å²) in [5.74, 6) is 0.552. The number of nitrogens with zero attached hydrogens (tertiary/aromatic N) is 1. The van der Waals surface area contributed by atoms with Gasteiger partial charge in [-0.3, -0.25) is 4.79 Å². The van der Waals surface area contributed by atoms with Gasteiger partial charge >= 0.3 is 7.12 Å². The summed E-state index contributed by atoms with van der Waals surface area (Å²) in [4.78, 5) is 12.1. The molecule has 1 aliphatic heterocycles. The molecule has 2 fully saturated rings. The van der Waals surface area contributed by atoms with Crippen LogP contribution in [0.15, 0.2) is 18.2 Å². The number of aryl methyl sites for hydroxylation is 1. The molecule has 166 valence electrons. The van der Waals surface area contributed by atoms with Crippen molar-refractivity contribution in [3.8, 4) is 6.07 Å². The molecule has 1 aromatic carbocycles. The molecule has 0 bridgehead atoms. The minimum atomic E-state index is -0.322. The number of fused-ring (bicyclic) bond motifs is 2. The van der Waals surface area contributed by atoms with Crippen LogP contribution in [0.3, 0.4) is 0 Å². The first-order valence-electron chi connectivity index (χ1n) is 11.8. The average Bonchev–Trinajstić information content (AvgIpc) is 3.17. The zero-order valence-corrected chi connectivity index (χ0v) is 19.4. The summed E-state index contributed by atoms with van der Waals surface area (Å²) in [7, 11) is -0.304. The lowest BCUT2D eigenvalue weighted by Gasteiger charge is -2.38. The predicted octanol–water partition coefficient (Wildman–Crippen LogP) is 3.78. The van der Waals surface area contributed by atoms with E-state index in [-0.39, 0.29) is 29.6 Å². The zero-order valence-electron chi connectivity index (χ0n) is 19.4. The molecule has 1 amide bonds. The van der Waals surface area contributed by atoms with Gasteiger partial charge in [-0.05, 0) is 94.1 Å². The summed E-state index contributed by atoms with van der Waals surface area (Å²) >= 11 is 0. The van der Waals surface area contributed by atoms with Gasteiger partial charge in [-0.15, -0.1) is 0 Å². The number of hydrogen-bond donors (Lipinski definition) is 1. The number of carbonyl (C=O) groups is 1. The zero-order chi connectivity index (χ0) is 22.3. The monoisotopic (exact) mass is 422 g/mol. The number of nitriles is 1. The summed E-state index contributed by atoms with van der Waals surface area (Å²) < 4.78 is 12.5. The average molecular weight is 422 g/mol. The van der Waals surface area contributed by atoms with E-state index in [9.17, 15) is 4.79 Å². The number of rotatable bonds is 5. The standard InChI is InChI=1S/C25H35BN2O3/c1-23(2)24(3,4)31-26(30-23)20-6-7-21-19(17-20)10-13-25(21)11-8-18(9-12-25)16-22(29)28-15-5-14-27/h6-7,17-18H,5,8-13,15-16H2,1-4H3,(H,28,29)/t18-,25+. The number of benzene rings is 1. The maximum absolute atomic E-state index is 12.1. The number of hydrogen-bond acceptors (Lipinski definition) is 4. The van der Waals surface area contributed by atoms with Crippen LogP contribution in [0, 0.1) is 17.2 Å². The minimum absolute atomic E-state index is 0.0927. The Bertz CT molecular complexity index is 865. The highest BCUT2D eigenvalue weighted by molar-refractivity contribution is 6.62. The molecule has 1 saturated carbocycles. The van der Waals surface area contributed by atoms with E-state index >= 15 is 0 Å². The molecule has 0 atom stereocenters. The van der Waals surface area contributed by atoms with Gasteiger partial charge in [0.1, 0.15) is 0 Å². The van der Waals surface area contributed by atoms with E-state index in [0.717, 1.165) is 37.6 Å². The lowest BCUT2D eigenvalue weighted by Crippen LogP contribution is -2.41. The molecule has 31 heavy (non-hydrogen) atoms. The highest BCUT2D eigenvalue weighted by Gasteiger charge is 2.52. The molecule has 0 aromatic heterocycles. The third-order valence-corrected chi connectivity index (χ3v) is 8.19. The number of nitrogens with one attached hydrogen (secondary N) is 1. The first-order valence-corrected chi connectivity index (χ1v) is 11.8. The van der Waals surface area contributed by atoms with Crippen LogP contribution in [0.2, 0.25) is 0 Å². The van der Waals surface area contributed by atoms with Gasteiger partial charge in [0.2, 0.25) is 5.91 Å². The Balaban J connectivity index is 1.39. The molecule has 5 nitrogen and oxygen atoms in total. The highest BCUT2D eigenvalue weighted by atomic mass is 16.7. The number of carbonyl (C=O) groups excluding carboxylic acids is 1. The molecule has 4 rings (SSSR count). The minimum Gasteiger partial charge on any atom is -0.399 e. The van der Waals surface area contributed by atoms with E-state index in [2.05, 4.69) is 57.3 Å². The molecule has 3 aliphatic rings. The van der Waals surface area contributed by atoms with E-state index in [1.165, 1.54) is 17.5 Å². The second kappa shape index (κ2) is 8.26. The fourth-order valence-corrected chi connectivity index (χ4v) is 5.52. The van der Waals surface area contributed by atoms with Crippen LogP contribution >= 0.6 is 0 Å². The molecule has 0 radical (unpaired) electrons. The van der Waals surface area contributed by atoms with E-state index in [1.54, 1.807) is 0 Å². The topological polar surface area (TPSA) is 71.3 Å². The van der Waals surface area contributed by atoms with Crippen LogP contribution in [-0.4, -0.2) is 30.8 Å². The van der Waals surface area contributed by atoms with Gasteiger partial charge in [0, 0.05) is 13.0 Å². The van der Waals surface area contributed by atoms with E-state index in [1.807, 2.05) is 0 Å². The highest BCUT2D eigenvalue weighted by Crippen LogP contribution is 2.50. The molecule has 1 saturated heterocycles. The van der Waals surface area contributed by atoms with E-state index in [4.69, 9.17) is 14.6 Å². The smallest absolute Gasteiger partial charge is 0.399 e. The van der Waals surface area contributed by atoms with Crippen molar-refractivity contribution in [1.82, 2.24) is 5.32 Å². The van der Waals surface area contributed by atoms with E-state index < -0.39 is 0 Å². The summed E-state index contributed by atoms with van der Waals surface area (Å²) in [5, 5.41) is 11.5. The largest absolute Gasteiger partial charge is 0.494 e. The molecular formula is C25H35BN2O3. The Labute approximate surface area is 187 Å². The van der Waals surface area contributed by atoms with Crippen LogP contribution in [-0.2, 0) is 25.9 Å². The van der Waals surface area contributed by atoms with Gasteiger partial charge in [-0.25, -0.2) is 0 Å². The summed E-state index contributed by atoms with van der Waals surface area (Å²) in [6.45, 7) is 8.84. The molecule has 0 unspecified atom stereocenters. The molecule has 1 aromatic rings. The normalized spacial score (nSPS) is 28.4. The van der Waals surface area contributed by atoms with Gasteiger partial charge in [-0.2, -0.15) is 5.26 Å². The number of amides is 1. The summed E-state index contributed by atoms with van der Waals surface area (Å²) in [6.07, 6.45) is 7.81. The van der Waals surface area contributed by atoms with Crippen molar-refractivity contribution >= 4 is 18.5 Å². The molecule has 1 spiro atoms. The summed E-state index contributed by atoms with van der Waals surface area (Å²) in [6, 6.07) is 8.89. The molecule has 1 N–H and O–H groups in total. The van der Waals surface area contributed by atoms with Gasteiger partial charge < -0.3 is 14.6 Å². The van der Waals surface area contributed by atoms with Crippen molar-refractivity contribution in [2.75, 3.05) is 6.54 Å². The Morgan fingerprint density at radius 3 is 2.48 bits per heavy atom. The molecule has 2 aliphatic carbocycles. The fraction of sp³-hybridized carbons (Fsp3) is 0.680. The lowest BCUT2D eigenvalue weighted by atomic mass is 9.66. The van der Waals surface area contributed by atoms with E-state index in [0.29, 0.717) is 25.3 Å². The van der Waals surface area contributed by atoms with Crippen molar-refractivity contribution < 1.29 is 14.1 Å². The van der Waals surface area contributed by atoms with Crippen LogP contribution < -0.4 is 10.8 Å². The SMILES string of the molecule is CC1(C)OB(c2ccc3c(c2)CC[C@]32CC[C@H](CC(=O)NCCC#N)CC2)OC1(C)C. The van der Waals surface area contributed by atoms with Gasteiger partial charge in [0.05, 0.1) is 23.7 Å². The maximum Gasteiger partial charge on any atom is 0.494 e. The Kier molecular flexibility index (Phi) is 5.96. The van der Waals surface area contributed by atoms with Gasteiger partial charge in [0.15, 0.2) is 0 Å². The quantitative estimate of drug-likeness (QED) is 0.579. The second-order valence-corrected chi connectivity index (χ2v) is 10.7. The third-order valence-electron chi connectivity index (χ3n) is 8.19. The van der Waals surface area contributed by atoms with Crippen molar-refractivity contribution in [1.29, 1.82) is 5.26 Å². The van der Waals surface area contributed by atoms with Crippen LogP contribution in [0.1, 0.15) is 83.8 Å². The first-order chi connectivity index (χ1) is 14.7. The van der Waals surface area contributed by atoms with Crippen LogP contribution in [0.5, 0.6) is 0 Å². The van der Waals surface area contributed by atoms with Gasteiger partial charge in [-0.1, -0.05) is 18.2 Å². The van der Waals surface area contributed by atoms with Crippen LogP contribution in [0.4, 0.5) is 0 Å². The maximum atomic E-state index is 12.1. The lowest BCUT2D eigenvalue weighted by molar-refractivity contribution is -0.122. The van der Waals surface area contributed by atoms with Crippen molar-refractivity contribution in [3.05, 3.63) is 29.3 Å². The molecule has 1 heterocycles. The third kappa shape index (κ3) is 4.27. The first kappa shape index (κ1) is 22.4. The Morgan fingerprint density at radius 1 is 1.16 bits per heavy atom. The van der Waals surface area contributed by atoms with Crippen molar-refractivity contribution in [3.63, 3.8) is 0 Å². The van der Waals surface area contributed by atoms with Crippen molar-refractivity contribution in [2.24, 2.45) is 5.92 Å². The molecular weight excluding hydrogens is 387 g/mol. The summed E-state index contributed by atoms with van der Waals surface area (Å²) in [5.41, 5.74) is 3.70. The predicted molar refractivity (Wildman–Crippen MR) is 122 cm³/mol. The van der Waals surface area contributed by atoms with Gasteiger partial charge in [0.25, 0.3) is 0 Å². The Hall–Kier alpha value is -1.84. The van der Waals surface area contributed by atoms with Crippen LogP contribution in [0.25, 0.3) is 0 Å². The Morgan fingerprint density at radius 2 is 1.84 bits per heavy atom.